The molecule has 3 aromatic rings. The Hall–Kier alpha value is -2.07. The average Bonchev–Trinajstić information content (AvgIpc) is 2.47. The molecule has 106 valence electrons. The molecule has 0 bridgehead atoms. The fourth-order valence-corrected chi connectivity index (χ4v) is 2.96. The molecule has 3 nitrogen and oxygen atoms in total. The molecule has 0 aliphatic rings. The van der Waals surface area contributed by atoms with Crippen molar-refractivity contribution < 1.29 is 0 Å². The highest BCUT2D eigenvalue weighted by Gasteiger charge is 2.14. The number of nitrogens with two attached hydrogens (primary N) is 1. The van der Waals surface area contributed by atoms with Crippen molar-refractivity contribution in [1.29, 1.82) is 0 Å². The zero-order valence-corrected chi connectivity index (χ0v) is 13.6. The van der Waals surface area contributed by atoms with Crippen LogP contribution in [0.1, 0.15) is 5.56 Å². The van der Waals surface area contributed by atoms with Gasteiger partial charge in [-0.2, -0.15) is 0 Å². The Morgan fingerprint density at radius 1 is 1.14 bits per heavy atom. The summed E-state index contributed by atoms with van der Waals surface area (Å²) in [6.07, 6.45) is 1.72. The van der Waals surface area contributed by atoms with Gasteiger partial charge < -0.3 is 10.6 Å². The normalized spacial score (nSPS) is 10.8. The first kappa shape index (κ1) is 13.9. The number of para-hydroxylation sites is 1. The number of pyridine rings is 1. The lowest BCUT2D eigenvalue weighted by Crippen LogP contribution is -2.13. The average molecular weight is 342 g/mol. The van der Waals surface area contributed by atoms with Gasteiger partial charge in [-0.15, -0.1) is 0 Å². The van der Waals surface area contributed by atoms with Crippen molar-refractivity contribution in [3.63, 3.8) is 0 Å². The lowest BCUT2D eigenvalue weighted by atomic mass is 10.1. The van der Waals surface area contributed by atoms with E-state index in [0.717, 1.165) is 26.8 Å². The van der Waals surface area contributed by atoms with Crippen molar-refractivity contribution in [1.82, 2.24) is 4.98 Å². The lowest BCUT2D eigenvalue weighted by Gasteiger charge is -2.24. The van der Waals surface area contributed by atoms with E-state index >= 15 is 0 Å². The molecule has 0 fully saturated rings. The van der Waals surface area contributed by atoms with Crippen molar-refractivity contribution in [2.45, 2.75) is 6.92 Å². The Bertz CT molecular complexity index is 809. The quantitative estimate of drug-likeness (QED) is 0.737. The summed E-state index contributed by atoms with van der Waals surface area (Å²) in [5.74, 6) is 0. The summed E-state index contributed by atoms with van der Waals surface area (Å²) in [6.45, 7) is 2.10. The highest BCUT2D eigenvalue weighted by Crippen LogP contribution is 2.37. The van der Waals surface area contributed by atoms with Crippen LogP contribution in [0.3, 0.4) is 0 Å². The number of halogens is 1. The minimum Gasteiger partial charge on any atom is -0.396 e. The number of nitrogens with zero attached hydrogens (tertiary/aromatic N) is 2. The standard InChI is InChI=1S/C17H16BrN3/c1-11-5-3-4-6-16(11)21(2)17-13-9-12(18)7-8-15(13)20-10-14(17)19/h3-10H,19H2,1-2H3. The van der Waals surface area contributed by atoms with E-state index in [0.29, 0.717) is 5.69 Å². The van der Waals surface area contributed by atoms with E-state index < -0.39 is 0 Å². The number of fused-ring (bicyclic) bond motifs is 1. The number of aryl methyl sites for hydroxylation is 1. The third kappa shape index (κ3) is 2.47. The van der Waals surface area contributed by atoms with Crippen LogP contribution in [-0.4, -0.2) is 12.0 Å². The van der Waals surface area contributed by atoms with Gasteiger partial charge in [-0.1, -0.05) is 34.1 Å². The second-order valence-electron chi connectivity index (χ2n) is 5.07. The minimum atomic E-state index is 0.673. The summed E-state index contributed by atoms with van der Waals surface area (Å²) in [5, 5.41) is 1.04. The van der Waals surface area contributed by atoms with Gasteiger partial charge in [-0.05, 0) is 36.8 Å². The van der Waals surface area contributed by atoms with Gasteiger partial charge in [-0.3, -0.25) is 4.98 Å². The third-order valence-corrected chi connectivity index (χ3v) is 4.14. The molecule has 1 heterocycles. The Balaban J connectivity index is 2.26. The number of anilines is 3. The smallest absolute Gasteiger partial charge is 0.0753 e. The van der Waals surface area contributed by atoms with Crippen molar-refractivity contribution in [2.75, 3.05) is 17.7 Å². The molecule has 0 aliphatic heterocycles. The number of nitrogen functional groups attached to an aromatic ring is 1. The summed E-state index contributed by atoms with van der Waals surface area (Å²) in [6, 6.07) is 14.3. The number of aromatic nitrogens is 1. The van der Waals surface area contributed by atoms with Crippen molar-refractivity contribution in [3.8, 4) is 0 Å². The van der Waals surface area contributed by atoms with Crippen LogP contribution in [0.4, 0.5) is 17.1 Å². The Morgan fingerprint density at radius 2 is 1.90 bits per heavy atom. The predicted octanol–water partition coefficient (Wildman–Crippen LogP) is 4.66. The fraction of sp³-hybridized carbons (Fsp3) is 0.118. The van der Waals surface area contributed by atoms with Gasteiger partial charge in [0.05, 0.1) is 23.1 Å². The molecule has 2 aromatic carbocycles. The molecule has 0 amide bonds. The maximum Gasteiger partial charge on any atom is 0.0753 e. The number of rotatable bonds is 2. The van der Waals surface area contributed by atoms with Crippen LogP contribution in [0.15, 0.2) is 53.1 Å². The van der Waals surface area contributed by atoms with Crippen LogP contribution in [0.25, 0.3) is 10.9 Å². The van der Waals surface area contributed by atoms with Crippen LogP contribution in [0, 0.1) is 6.92 Å². The molecule has 0 aliphatic carbocycles. The van der Waals surface area contributed by atoms with E-state index in [1.807, 2.05) is 31.3 Å². The summed E-state index contributed by atoms with van der Waals surface area (Å²) in [5.41, 5.74) is 11.1. The first-order chi connectivity index (χ1) is 10.1. The first-order valence-electron chi connectivity index (χ1n) is 6.71. The van der Waals surface area contributed by atoms with Crippen LogP contribution in [0.2, 0.25) is 0 Å². The molecule has 3 rings (SSSR count). The SMILES string of the molecule is Cc1ccccc1N(C)c1c(N)cnc2ccc(Br)cc12. The van der Waals surface area contributed by atoms with Gasteiger partial charge in [-0.25, -0.2) is 0 Å². The third-order valence-electron chi connectivity index (χ3n) is 3.64. The lowest BCUT2D eigenvalue weighted by molar-refractivity contribution is 1.19. The zero-order chi connectivity index (χ0) is 15.0. The van der Waals surface area contributed by atoms with E-state index in [4.69, 9.17) is 5.73 Å². The first-order valence-corrected chi connectivity index (χ1v) is 7.50. The van der Waals surface area contributed by atoms with Crippen LogP contribution in [-0.2, 0) is 0 Å². The van der Waals surface area contributed by atoms with E-state index in [1.165, 1.54) is 5.56 Å². The van der Waals surface area contributed by atoms with Crippen LogP contribution >= 0.6 is 15.9 Å². The zero-order valence-electron chi connectivity index (χ0n) is 12.0. The van der Waals surface area contributed by atoms with Crippen LogP contribution < -0.4 is 10.6 Å². The molecule has 4 heteroatoms. The van der Waals surface area contributed by atoms with Crippen molar-refractivity contribution in [2.24, 2.45) is 0 Å². The van der Waals surface area contributed by atoms with Crippen molar-refractivity contribution >= 4 is 43.9 Å². The highest BCUT2D eigenvalue weighted by molar-refractivity contribution is 9.10. The summed E-state index contributed by atoms with van der Waals surface area (Å²) in [4.78, 5) is 6.53. The number of benzene rings is 2. The van der Waals surface area contributed by atoms with Gasteiger partial charge >= 0.3 is 0 Å². The molecule has 0 atom stereocenters. The minimum absolute atomic E-state index is 0.673. The van der Waals surface area contributed by atoms with Gasteiger partial charge in [0.15, 0.2) is 0 Å². The molecular weight excluding hydrogens is 326 g/mol. The molecule has 1 aromatic heterocycles. The van der Waals surface area contributed by atoms with Crippen molar-refractivity contribution in [3.05, 3.63) is 58.7 Å². The van der Waals surface area contributed by atoms with Gasteiger partial charge in [0.1, 0.15) is 0 Å². The maximum atomic E-state index is 6.21. The van der Waals surface area contributed by atoms with E-state index in [2.05, 4.69) is 50.9 Å². The van der Waals surface area contributed by atoms with Crippen LogP contribution in [0.5, 0.6) is 0 Å². The van der Waals surface area contributed by atoms with E-state index in [-0.39, 0.29) is 0 Å². The largest absolute Gasteiger partial charge is 0.396 e. The van der Waals surface area contributed by atoms with Gasteiger partial charge in [0.25, 0.3) is 0 Å². The number of hydrogen-bond donors (Lipinski definition) is 1. The summed E-state index contributed by atoms with van der Waals surface area (Å²) >= 11 is 3.52. The molecule has 2 N–H and O–H groups in total. The second kappa shape index (κ2) is 5.37. The highest BCUT2D eigenvalue weighted by atomic mass is 79.9. The molecule has 0 spiro atoms. The van der Waals surface area contributed by atoms with Gasteiger partial charge in [0, 0.05) is 22.6 Å². The topological polar surface area (TPSA) is 42.1 Å². The molecule has 0 saturated heterocycles. The summed E-state index contributed by atoms with van der Waals surface area (Å²) < 4.78 is 1.02. The molecule has 0 radical (unpaired) electrons. The van der Waals surface area contributed by atoms with E-state index in [1.54, 1.807) is 6.20 Å². The molecule has 0 saturated carbocycles. The Labute approximate surface area is 132 Å². The Morgan fingerprint density at radius 3 is 2.67 bits per heavy atom. The van der Waals surface area contributed by atoms with Gasteiger partial charge in [0.2, 0.25) is 0 Å². The predicted molar refractivity (Wildman–Crippen MR) is 93.1 cm³/mol. The number of hydrogen-bond acceptors (Lipinski definition) is 3. The maximum absolute atomic E-state index is 6.21. The fourth-order valence-electron chi connectivity index (χ4n) is 2.60. The molecular formula is C17H16BrN3. The Kier molecular flexibility index (Phi) is 3.55. The molecule has 21 heavy (non-hydrogen) atoms. The monoisotopic (exact) mass is 341 g/mol. The molecule has 0 unspecified atom stereocenters. The van der Waals surface area contributed by atoms with E-state index in [9.17, 15) is 0 Å². The summed E-state index contributed by atoms with van der Waals surface area (Å²) in [7, 11) is 2.04. The second-order valence-corrected chi connectivity index (χ2v) is 5.98.